The summed E-state index contributed by atoms with van der Waals surface area (Å²) in [6.45, 7) is 0. The van der Waals surface area contributed by atoms with Gasteiger partial charge in [-0.2, -0.15) is 0 Å². The van der Waals surface area contributed by atoms with Gasteiger partial charge in [0.25, 0.3) is 0 Å². The van der Waals surface area contributed by atoms with Crippen LogP contribution < -0.4 is 0 Å². The summed E-state index contributed by atoms with van der Waals surface area (Å²) in [5.41, 5.74) is 1.04. The molecule has 68 valence electrons. The molecule has 0 aliphatic rings. The van der Waals surface area contributed by atoms with E-state index in [0.717, 1.165) is 17.9 Å². The molecule has 13 heavy (non-hydrogen) atoms. The van der Waals surface area contributed by atoms with Gasteiger partial charge in [-0.3, -0.25) is 0 Å². The van der Waals surface area contributed by atoms with Crippen LogP contribution in [0.25, 0.3) is 0 Å². The Balaban J connectivity index is 2.24. The van der Waals surface area contributed by atoms with Crippen molar-refractivity contribution in [3.05, 3.63) is 41.3 Å². The molecule has 0 saturated carbocycles. The number of nitrogens with zero attached hydrogens (tertiary/aromatic N) is 2. The van der Waals surface area contributed by atoms with E-state index in [2.05, 4.69) is 4.98 Å². The third-order valence-corrected chi connectivity index (χ3v) is 2.31. The second-order valence-electron chi connectivity index (χ2n) is 2.83. The lowest BCUT2D eigenvalue weighted by Crippen LogP contribution is -1.96. The van der Waals surface area contributed by atoms with Gasteiger partial charge in [0.15, 0.2) is 0 Å². The van der Waals surface area contributed by atoms with E-state index < -0.39 is 0 Å². The monoisotopic (exact) mass is 196 g/mol. The van der Waals surface area contributed by atoms with Gasteiger partial charge in [0.2, 0.25) is 5.28 Å². The van der Waals surface area contributed by atoms with E-state index in [0.29, 0.717) is 5.28 Å². The van der Waals surface area contributed by atoms with Gasteiger partial charge in [0.05, 0.1) is 12.5 Å². The van der Waals surface area contributed by atoms with Crippen LogP contribution in [-0.2, 0) is 13.5 Å². The fourth-order valence-corrected chi connectivity index (χ4v) is 1.33. The Hall–Kier alpha value is -1.22. The quantitative estimate of drug-likeness (QED) is 0.738. The van der Waals surface area contributed by atoms with Crippen molar-refractivity contribution in [2.75, 3.05) is 0 Å². The standard InChI is InChI=1S/C9H9ClN2O/c1-12-7(6-11-9(12)10)5-8-3-2-4-13-8/h2-4,6H,5H2,1H3. The van der Waals surface area contributed by atoms with Gasteiger partial charge in [0.1, 0.15) is 5.76 Å². The van der Waals surface area contributed by atoms with Gasteiger partial charge in [-0.25, -0.2) is 4.98 Å². The minimum atomic E-state index is 0.501. The van der Waals surface area contributed by atoms with Crippen LogP contribution in [0.5, 0.6) is 0 Å². The molecule has 0 aromatic carbocycles. The third-order valence-electron chi connectivity index (χ3n) is 1.96. The van der Waals surface area contributed by atoms with Crippen LogP contribution in [0, 0.1) is 0 Å². The Morgan fingerprint density at radius 2 is 2.46 bits per heavy atom. The SMILES string of the molecule is Cn1c(Cc2ccco2)cnc1Cl. The molecule has 0 amide bonds. The Morgan fingerprint density at radius 1 is 1.62 bits per heavy atom. The van der Waals surface area contributed by atoms with Crippen molar-refractivity contribution < 1.29 is 4.42 Å². The second-order valence-corrected chi connectivity index (χ2v) is 3.17. The molecule has 0 spiro atoms. The molecule has 2 heterocycles. The maximum atomic E-state index is 5.79. The zero-order valence-corrected chi connectivity index (χ0v) is 7.95. The molecule has 3 nitrogen and oxygen atoms in total. The molecule has 0 fully saturated rings. The van der Waals surface area contributed by atoms with E-state index in [1.807, 2.05) is 23.7 Å². The van der Waals surface area contributed by atoms with Crippen molar-refractivity contribution >= 4 is 11.6 Å². The van der Waals surface area contributed by atoms with E-state index in [-0.39, 0.29) is 0 Å². The van der Waals surface area contributed by atoms with Crippen LogP contribution >= 0.6 is 11.6 Å². The number of rotatable bonds is 2. The first kappa shape index (κ1) is 8.38. The molecule has 0 N–H and O–H groups in total. The third kappa shape index (κ3) is 1.60. The lowest BCUT2D eigenvalue weighted by Gasteiger charge is -1.99. The molecule has 2 aromatic heterocycles. The number of halogens is 1. The highest BCUT2D eigenvalue weighted by molar-refractivity contribution is 6.28. The van der Waals surface area contributed by atoms with E-state index in [9.17, 15) is 0 Å². The second kappa shape index (κ2) is 3.26. The fourth-order valence-electron chi connectivity index (χ4n) is 1.18. The Kier molecular flexibility index (Phi) is 2.10. The highest BCUT2D eigenvalue weighted by atomic mass is 35.5. The Labute approximate surface area is 81.0 Å². The van der Waals surface area contributed by atoms with Gasteiger partial charge in [-0.15, -0.1) is 0 Å². The number of imidazole rings is 1. The van der Waals surface area contributed by atoms with E-state index in [1.165, 1.54) is 0 Å². The first-order chi connectivity index (χ1) is 6.27. The zero-order chi connectivity index (χ0) is 9.26. The van der Waals surface area contributed by atoms with Crippen LogP contribution in [-0.4, -0.2) is 9.55 Å². The van der Waals surface area contributed by atoms with E-state index >= 15 is 0 Å². The van der Waals surface area contributed by atoms with Crippen molar-refractivity contribution in [3.63, 3.8) is 0 Å². The minimum Gasteiger partial charge on any atom is -0.469 e. The smallest absolute Gasteiger partial charge is 0.202 e. The van der Waals surface area contributed by atoms with Gasteiger partial charge in [0, 0.05) is 19.2 Å². The van der Waals surface area contributed by atoms with Gasteiger partial charge >= 0.3 is 0 Å². The van der Waals surface area contributed by atoms with Gasteiger partial charge in [-0.05, 0) is 23.7 Å². The van der Waals surface area contributed by atoms with Crippen molar-refractivity contribution in [1.29, 1.82) is 0 Å². The topological polar surface area (TPSA) is 31.0 Å². The average Bonchev–Trinajstić information content (AvgIpc) is 2.71. The molecule has 0 saturated heterocycles. The van der Waals surface area contributed by atoms with Crippen molar-refractivity contribution in [1.82, 2.24) is 9.55 Å². The van der Waals surface area contributed by atoms with Crippen molar-refractivity contribution in [2.24, 2.45) is 7.05 Å². The fraction of sp³-hybridized carbons (Fsp3) is 0.222. The molecule has 2 rings (SSSR count). The van der Waals surface area contributed by atoms with Crippen LogP contribution in [0.4, 0.5) is 0 Å². The zero-order valence-electron chi connectivity index (χ0n) is 7.20. The molecule has 0 aliphatic carbocycles. The molecule has 2 aromatic rings. The molecule has 0 radical (unpaired) electrons. The normalized spacial score (nSPS) is 10.6. The predicted molar refractivity (Wildman–Crippen MR) is 49.7 cm³/mol. The number of furan rings is 1. The Morgan fingerprint density at radius 3 is 3.00 bits per heavy atom. The summed E-state index contributed by atoms with van der Waals surface area (Å²) in [5.74, 6) is 0.916. The highest BCUT2D eigenvalue weighted by Crippen LogP contribution is 2.13. The summed E-state index contributed by atoms with van der Waals surface area (Å²) in [4.78, 5) is 3.98. The van der Waals surface area contributed by atoms with Crippen LogP contribution in [0.1, 0.15) is 11.5 Å². The summed E-state index contributed by atoms with van der Waals surface area (Å²) in [6.07, 6.45) is 4.14. The number of hydrogen-bond donors (Lipinski definition) is 0. The van der Waals surface area contributed by atoms with Gasteiger partial charge < -0.3 is 8.98 Å². The summed E-state index contributed by atoms with van der Waals surface area (Å²) < 4.78 is 7.05. The number of hydrogen-bond acceptors (Lipinski definition) is 2. The van der Waals surface area contributed by atoms with Crippen molar-refractivity contribution in [3.8, 4) is 0 Å². The largest absolute Gasteiger partial charge is 0.469 e. The molecule has 0 atom stereocenters. The molecule has 0 unspecified atom stereocenters. The Bertz CT molecular complexity index is 392. The summed E-state index contributed by atoms with van der Waals surface area (Å²) in [7, 11) is 1.88. The predicted octanol–water partition coefficient (Wildman–Crippen LogP) is 2.26. The molecular weight excluding hydrogens is 188 g/mol. The number of aromatic nitrogens is 2. The highest BCUT2D eigenvalue weighted by Gasteiger charge is 2.05. The molecule has 0 bridgehead atoms. The summed E-state index contributed by atoms with van der Waals surface area (Å²) >= 11 is 5.79. The van der Waals surface area contributed by atoms with Gasteiger partial charge in [-0.1, -0.05) is 0 Å². The van der Waals surface area contributed by atoms with E-state index in [1.54, 1.807) is 12.5 Å². The first-order valence-electron chi connectivity index (χ1n) is 3.96. The summed E-state index contributed by atoms with van der Waals surface area (Å²) in [6, 6.07) is 3.80. The minimum absolute atomic E-state index is 0.501. The maximum absolute atomic E-state index is 5.79. The first-order valence-corrected chi connectivity index (χ1v) is 4.33. The van der Waals surface area contributed by atoms with Crippen LogP contribution in [0.3, 0.4) is 0 Å². The van der Waals surface area contributed by atoms with Crippen molar-refractivity contribution in [2.45, 2.75) is 6.42 Å². The van der Waals surface area contributed by atoms with Crippen LogP contribution in [0.2, 0.25) is 5.28 Å². The lowest BCUT2D eigenvalue weighted by molar-refractivity contribution is 0.517. The average molecular weight is 197 g/mol. The maximum Gasteiger partial charge on any atom is 0.202 e. The summed E-state index contributed by atoms with van der Waals surface area (Å²) in [5, 5.41) is 0.501. The van der Waals surface area contributed by atoms with Crippen LogP contribution in [0.15, 0.2) is 29.0 Å². The molecule has 4 heteroatoms. The molecule has 0 aliphatic heterocycles. The molecular formula is C9H9ClN2O. The lowest BCUT2D eigenvalue weighted by atomic mass is 10.3. The van der Waals surface area contributed by atoms with E-state index in [4.69, 9.17) is 16.0 Å².